The van der Waals surface area contributed by atoms with Crippen LogP contribution in [0.3, 0.4) is 0 Å². The van der Waals surface area contributed by atoms with Gasteiger partial charge < -0.3 is 20.4 Å². The van der Waals surface area contributed by atoms with Gasteiger partial charge in [0.1, 0.15) is 5.75 Å². The molecule has 1 amide bonds. The molecule has 0 saturated heterocycles. The van der Waals surface area contributed by atoms with Crippen molar-refractivity contribution in [2.45, 2.75) is 62.5 Å². The highest BCUT2D eigenvalue weighted by molar-refractivity contribution is 6.04. The van der Waals surface area contributed by atoms with Gasteiger partial charge in [0.15, 0.2) is 5.69 Å². The SMILES string of the molecule is COc1cc2nn([C@H]3CC[C@@](O)(CC#N)CC3)cc2cc1NC(=O)c1cccc(C2CC2)[n+]1[O-]. The Morgan fingerprint density at radius 1 is 1.35 bits per heavy atom. The summed E-state index contributed by atoms with van der Waals surface area (Å²) in [6.07, 6.45) is 6.59. The van der Waals surface area contributed by atoms with E-state index in [0.717, 1.165) is 41.3 Å². The molecule has 2 fully saturated rings. The Kier molecular flexibility index (Phi) is 5.62. The molecular weight excluding hydrogens is 434 g/mol. The van der Waals surface area contributed by atoms with E-state index < -0.39 is 11.5 Å². The van der Waals surface area contributed by atoms with Gasteiger partial charge >= 0.3 is 5.91 Å². The minimum Gasteiger partial charge on any atom is -0.618 e. The van der Waals surface area contributed by atoms with Crippen molar-refractivity contribution in [1.29, 1.82) is 5.26 Å². The highest BCUT2D eigenvalue weighted by Gasteiger charge is 2.34. The number of ether oxygens (including phenoxy) is 1. The number of nitrogens with one attached hydrogen (secondary N) is 1. The lowest BCUT2D eigenvalue weighted by Crippen LogP contribution is -2.40. The second-order valence-electron chi connectivity index (χ2n) is 9.37. The highest BCUT2D eigenvalue weighted by atomic mass is 16.5. The van der Waals surface area contributed by atoms with E-state index in [4.69, 9.17) is 15.1 Å². The van der Waals surface area contributed by atoms with Gasteiger partial charge in [0.25, 0.3) is 5.69 Å². The third-order valence-electron chi connectivity index (χ3n) is 6.96. The van der Waals surface area contributed by atoms with Gasteiger partial charge in [0.05, 0.1) is 42.4 Å². The maximum atomic E-state index is 12.9. The van der Waals surface area contributed by atoms with Gasteiger partial charge in [0, 0.05) is 35.7 Å². The number of pyridine rings is 1. The summed E-state index contributed by atoms with van der Waals surface area (Å²) in [5, 5.41) is 40.5. The molecule has 34 heavy (non-hydrogen) atoms. The first-order chi connectivity index (χ1) is 16.4. The molecule has 2 aromatic heterocycles. The van der Waals surface area contributed by atoms with Crippen LogP contribution < -0.4 is 14.8 Å². The number of hydrogen-bond acceptors (Lipinski definition) is 6. The Morgan fingerprint density at radius 2 is 2.12 bits per heavy atom. The summed E-state index contributed by atoms with van der Waals surface area (Å²) < 4.78 is 8.11. The van der Waals surface area contributed by atoms with Crippen molar-refractivity contribution in [3.8, 4) is 11.8 Å². The van der Waals surface area contributed by atoms with Crippen LogP contribution in [0.5, 0.6) is 5.75 Å². The maximum Gasteiger partial charge on any atom is 0.321 e. The Labute approximate surface area is 197 Å². The van der Waals surface area contributed by atoms with E-state index in [9.17, 15) is 15.1 Å². The van der Waals surface area contributed by atoms with E-state index in [2.05, 4.69) is 11.4 Å². The zero-order chi connectivity index (χ0) is 23.9. The fourth-order valence-electron chi connectivity index (χ4n) is 4.80. The third kappa shape index (κ3) is 4.17. The molecule has 3 aromatic rings. The predicted octanol–water partition coefficient (Wildman–Crippen LogP) is 3.57. The lowest BCUT2D eigenvalue weighted by atomic mass is 9.80. The van der Waals surface area contributed by atoms with Crippen LogP contribution in [0.25, 0.3) is 10.9 Å². The number of nitriles is 1. The average molecular weight is 462 g/mol. The van der Waals surface area contributed by atoms with E-state index in [1.165, 1.54) is 13.2 Å². The van der Waals surface area contributed by atoms with Crippen molar-refractivity contribution in [2.75, 3.05) is 12.4 Å². The average Bonchev–Trinajstić information content (AvgIpc) is 3.58. The summed E-state index contributed by atoms with van der Waals surface area (Å²) >= 11 is 0. The summed E-state index contributed by atoms with van der Waals surface area (Å²) in [7, 11) is 1.52. The molecule has 2 aliphatic carbocycles. The number of aliphatic hydroxyl groups is 1. The van der Waals surface area contributed by atoms with Crippen molar-refractivity contribution in [2.24, 2.45) is 0 Å². The molecular formula is C25H27N5O4. The van der Waals surface area contributed by atoms with Gasteiger partial charge in [-0.25, -0.2) is 0 Å². The molecule has 9 heteroatoms. The van der Waals surface area contributed by atoms with Gasteiger partial charge in [0.2, 0.25) is 0 Å². The van der Waals surface area contributed by atoms with Gasteiger partial charge in [-0.1, -0.05) is 0 Å². The topological polar surface area (TPSA) is 127 Å². The first-order valence-corrected chi connectivity index (χ1v) is 11.6. The van der Waals surface area contributed by atoms with E-state index in [-0.39, 0.29) is 24.1 Å². The number of benzene rings is 1. The first kappa shape index (κ1) is 22.2. The molecule has 0 unspecified atom stereocenters. The number of rotatable bonds is 6. The minimum absolute atomic E-state index is 0.0503. The van der Waals surface area contributed by atoms with Crippen LogP contribution in [-0.2, 0) is 0 Å². The Morgan fingerprint density at radius 3 is 2.79 bits per heavy atom. The van der Waals surface area contributed by atoms with Crippen molar-refractivity contribution in [1.82, 2.24) is 9.78 Å². The molecule has 2 N–H and O–H groups in total. The Hall–Kier alpha value is -3.64. The Bertz CT molecular complexity index is 1280. The second-order valence-corrected chi connectivity index (χ2v) is 9.37. The van der Waals surface area contributed by atoms with Crippen LogP contribution in [0.1, 0.15) is 73.1 Å². The van der Waals surface area contributed by atoms with Crippen LogP contribution >= 0.6 is 0 Å². The van der Waals surface area contributed by atoms with E-state index in [0.29, 0.717) is 30.0 Å². The number of anilines is 1. The van der Waals surface area contributed by atoms with Crippen molar-refractivity contribution >= 4 is 22.5 Å². The largest absolute Gasteiger partial charge is 0.618 e. The lowest BCUT2D eigenvalue weighted by molar-refractivity contribution is -0.616. The first-order valence-electron chi connectivity index (χ1n) is 11.6. The van der Waals surface area contributed by atoms with Crippen LogP contribution in [0.15, 0.2) is 36.5 Å². The number of aromatic nitrogens is 3. The molecule has 5 rings (SSSR count). The number of hydrogen-bond donors (Lipinski definition) is 2. The van der Waals surface area contributed by atoms with Crippen LogP contribution in [-0.4, -0.2) is 33.5 Å². The molecule has 0 aliphatic heterocycles. The smallest absolute Gasteiger partial charge is 0.321 e. The quantitative estimate of drug-likeness (QED) is 0.427. The van der Waals surface area contributed by atoms with E-state index in [1.54, 1.807) is 24.3 Å². The number of nitrogens with zero attached hydrogens (tertiary/aromatic N) is 4. The normalized spacial score (nSPS) is 22.3. The van der Waals surface area contributed by atoms with Gasteiger partial charge in [-0.3, -0.25) is 9.48 Å². The predicted molar refractivity (Wildman–Crippen MR) is 124 cm³/mol. The van der Waals surface area contributed by atoms with Crippen molar-refractivity contribution < 1.29 is 19.4 Å². The summed E-state index contributed by atoms with van der Waals surface area (Å²) in [4.78, 5) is 12.9. The highest BCUT2D eigenvalue weighted by Crippen LogP contribution is 2.39. The Balaban J connectivity index is 1.38. The maximum absolute atomic E-state index is 12.9. The van der Waals surface area contributed by atoms with Gasteiger partial charge in [-0.15, -0.1) is 0 Å². The number of amides is 1. The molecule has 0 radical (unpaired) electrons. The van der Waals surface area contributed by atoms with Crippen molar-refractivity contribution in [3.05, 3.63) is 53.1 Å². The zero-order valence-corrected chi connectivity index (χ0v) is 19.0. The molecule has 0 atom stereocenters. The summed E-state index contributed by atoms with van der Waals surface area (Å²) in [6, 6.07) is 10.8. The third-order valence-corrected chi connectivity index (χ3v) is 6.96. The molecule has 0 spiro atoms. The minimum atomic E-state index is -0.909. The number of carbonyl (C=O) groups is 1. The lowest BCUT2D eigenvalue weighted by Gasteiger charge is -2.34. The van der Waals surface area contributed by atoms with Gasteiger partial charge in [-0.2, -0.15) is 15.1 Å². The fraction of sp³-hybridized carbons (Fsp3) is 0.440. The molecule has 2 heterocycles. The number of methoxy groups -OCH3 is 1. The summed E-state index contributed by atoms with van der Waals surface area (Å²) in [6.45, 7) is 0. The molecule has 9 nitrogen and oxygen atoms in total. The van der Waals surface area contributed by atoms with Crippen LogP contribution in [0.4, 0.5) is 5.69 Å². The van der Waals surface area contributed by atoms with E-state index >= 15 is 0 Å². The van der Waals surface area contributed by atoms with Gasteiger partial charge in [-0.05, 0) is 50.7 Å². The summed E-state index contributed by atoms with van der Waals surface area (Å²) in [5.41, 5.74) is 0.957. The zero-order valence-electron chi connectivity index (χ0n) is 19.0. The fourth-order valence-corrected chi connectivity index (χ4v) is 4.80. The van der Waals surface area contributed by atoms with Crippen molar-refractivity contribution in [3.63, 3.8) is 0 Å². The number of fused-ring (bicyclic) bond motifs is 1. The molecule has 2 saturated carbocycles. The standard InChI is InChI=1S/C25H27N5O4/c1-34-23-14-19-17(15-29(28-19)18-7-9-25(32,10-8-18)11-12-26)13-20(23)27-24(31)22-4-2-3-21(30(22)33)16-5-6-16/h2-4,13-16,18,32H,5-11H2,1H3,(H,27,31)/t18-,25-. The number of carbonyl (C=O) groups excluding carboxylic acids is 1. The molecule has 2 aliphatic rings. The summed E-state index contributed by atoms with van der Waals surface area (Å²) in [5.74, 6) is 0.193. The van der Waals surface area contributed by atoms with E-state index in [1.807, 2.05) is 10.9 Å². The molecule has 1 aromatic carbocycles. The van der Waals surface area contributed by atoms with Crippen LogP contribution in [0, 0.1) is 16.5 Å². The second kappa shape index (κ2) is 8.61. The molecule has 0 bridgehead atoms. The van der Waals surface area contributed by atoms with Crippen LogP contribution in [0.2, 0.25) is 0 Å². The molecule has 176 valence electrons. The monoisotopic (exact) mass is 461 g/mol.